The average Bonchev–Trinajstić information content (AvgIpc) is 2.89. The summed E-state index contributed by atoms with van der Waals surface area (Å²) in [6, 6.07) is 5.45. The molecule has 0 aliphatic carbocycles. The maximum Gasteiger partial charge on any atom is 0.294 e. The van der Waals surface area contributed by atoms with E-state index < -0.39 is 10.1 Å². The molecular weight excluding hydrogens is 488 g/mol. The molecule has 0 aromatic heterocycles. The van der Waals surface area contributed by atoms with Crippen LogP contribution in [-0.2, 0) is 23.0 Å². The molecule has 0 amide bonds. The molecule has 0 spiro atoms. The van der Waals surface area contributed by atoms with Gasteiger partial charge in [-0.2, -0.15) is 8.42 Å². The maximum atomic E-state index is 12.1. The summed E-state index contributed by atoms with van der Waals surface area (Å²) in [5.74, 6) is 0. The highest BCUT2D eigenvalue weighted by molar-refractivity contribution is 7.85. The fourth-order valence-corrected chi connectivity index (χ4v) is 6.47. The van der Waals surface area contributed by atoms with Crippen LogP contribution < -0.4 is 0 Å². The molecule has 1 N–H and O–H groups in total. The van der Waals surface area contributed by atoms with Crippen molar-refractivity contribution in [1.29, 1.82) is 0 Å². The first kappa shape index (κ1) is 35.2. The van der Waals surface area contributed by atoms with Gasteiger partial charge in [0.2, 0.25) is 0 Å². The Morgan fingerprint density at radius 3 is 1.21 bits per heavy atom. The zero-order valence-electron chi connectivity index (χ0n) is 25.3. The van der Waals surface area contributed by atoms with Gasteiger partial charge in [0.1, 0.15) is 0 Å². The first-order valence-electron chi connectivity index (χ1n) is 16.6. The third kappa shape index (κ3) is 18.4. The molecule has 3 nitrogen and oxygen atoms in total. The van der Waals surface area contributed by atoms with E-state index in [0.717, 1.165) is 43.2 Å². The van der Waals surface area contributed by atoms with Gasteiger partial charge in [-0.05, 0) is 42.9 Å². The minimum atomic E-state index is -4.18. The van der Waals surface area contributed by atoms with Crippen LogP contribution in [-0.4, -0.2) is 13.0 Å². The van der Waals surface area contributed by atoms with Crippen LogP contribution in [0.2, 0.25) is 0 Å². The minimum absolute atomic E-state index is 0.136. The van der Waals surface area contributed by atoms with Gasteiger partial charge >= 0.3 is 0 Å². The van der Waals surface area contributed by atoms with Crippen LogP contribution in [0.4, 0.5) is 0 Å². The van der Waals surface area contributed by atoms with E-state index in [1.165, 1.54) is 135 Å². The zero-order chi connectivity index (χ0) is 27.7. The number of unbranched alkanes of at least 4 members (excludes halogenated alkanes) is 22. The van der Waals surface area contributed by atoms with Gasteiger partial charge in [-0.3, -0.25) is 4.55 Å². The van der Waals surface area contributed by atoms with Gasteiger partial charge in [-0.15, -0.1) is 0 Å². The molecular formula is C34H62O3S. The van der Waals surface area contributed by atoms with Crippen LogP contribution in [0.1, 0.15) is 179 Å². The van der Waals surface area contributed by atoms with E-state index in [9.17, 15) is 13.0 Å². The Morgan fingerprint density at radius 1 is 0.500 bits per heavy atom. The quantitative estimate of drug-likeness (QED) is 0.0875. The van der Waals surface area contributed by atoms with Crippen LogP contribution in [0.25, 0.3) is 0 Å². The minimum Gasteiger partial charge on any atom is -0.282 e. The molecule has 0 unspecified atom stereocenters. The summed E-state index contributed by atoms with van der Waals surface area (Å²) >= 11 is 0. The lowest BCUT2D eigenvalue weighted by Gasteiger charge is -2.14. The van der Waals surface area contributed by atoms with E-state index in [0.29, 0.717) is 0 Å². The lowest BCUT2D eigenvalue weighted by Crippen LogP contribution is -2.07. The van der Waals surface area contributed by atoms with Crippen molar-refractivity contribution in [2.75, 3.05) is 0 Å². The first-order valence-corrected chi connectivity index (χ1v) is 18.0. The highest BCUT2D eigenvalue weighted by Crippen LogP contribution is 2.25. The third-order valence-electron chi connectivity index (χ3n) is 8.09. The van der Waals surface area contributed by atoms with Crippen LogP contribution in [0.5, 0.6) is 0 Å². The third-order valence-corrected chi connectivity index (χ3v) is 9.03. The summed E-state index contributed by atoms with van der Waals surface area (Å²) in [5.41, 5.74) is 1.99. The fraction of sp³-hybridized carbons (Fsp3) is 0.824. The lowest BCUT2D eigenvalue weighted by molar-refractivity contribution is 0.481. The summed E-state index contributed by atoms with van der Waals surface area (Å²) in [6.07, 6.45) is 33.1. The molecule has 0 aliphatic rings. The van der Waals surface area contributed by atoms with Crippen molar-refractivity contribution in [3.63, 3.8) is 0 Å². The van der Waals surface area contributed by atoms with Crippen molar-refractivity contribution in [1.82, 2.24) is 0 Å². The van der Waals surface area contributed by atoms with Crippen molar-refractivity contribution in [3.8, 4) is 0 Å². The predicted molar refractivity (Wildman–Crippen MR) is 166 cm³/mol. The molecule has 0 saturated heterocycles. The van der Waals surface area contributed by atoms with Gasteiger partial charge in [0.05, 0.1) is 4.90 Å². The lowest BCUT2D eigenvalue weighted by atomic mass is 9.96. The summed E-state index contributed by atoms with van der Waals surface area (Å²) < 4.78 is 33.9. The van der Waals surface area contributed by atoms with Gasteiger partial charge in [0, 0.05) is 0 Å². The van der Waals surface area contributed by atoms with E-state index >= 15 is 0 Å². The molecule has 38 heavy (non-hydrogen) atoms. The van der Waals surface area contributed by atoms with Gasteiger partial charge < -0.3 is 0 Å². The van der Waals surface area contributed by atoms with E-state index in [1.807, 2.05) is 0 Å². The molecule has 1 aromatic rings. The van der Waals surface area contributed by atoms with E-state index in [4.69, 9.17) is 0 Å². The Hall–Kier alpha value is -0.870. The SMILES string of the molecule is CCCCCCCCCCCCCCCCc1c(CCCCCCCCCCCC)cccc1S(=O)(=O)O. The molecule has 0 aliphatic heterocycles. The zero-order valence-corrected chi connectivity index (χ0v) is 26.1. The van der Waals surface area contributed by atoms with Gasteiger partial charge in [0.15, 0.2) is 0 Å². The summed E-state index contributed by atoms with van der Waals surface area (Å²) in [6.45, 7) is 4.53. The van der Waals surface area contributed by atoms with Crippen LogP contribution in [0.15, 0.2) is 23.1 Å². The molecule has 222 valence electrons. The van der Waals surface area contributed by atoms with Crippen molar-refractivity contribution >= 4 is 10.1 Å². The standard InChI is InChI=1S/C34H62O3S/c1-3-5-7-9-11-13-15-16-17-18-20-22-24-26-30-33-32(29-27-31-34(33)38(35,36)37)28-25-23-21-19-14-12-10-8-6-4-2/h27,29,31H,3-26,28,30H2,1-2H3,(H,35,36,37). The number of hydrogen-bond donors (Lipinski definition) is 1. The maximum absolute atomic E-state index is 12.1. The second kappa shape index (κ2) is 24.0. The van der Waals surface area contributed by atoms with Crippen LogP contribution in [0.3, 0.4) is 0 Å². The number of aryl methyl sites for hydroxylation is 1. The fourth-order valence-electron chi connectivity index (χ4n) is 5.67. The molecule has 0 radical (unpaired) electrons. The van der Waals surface area contributed by atoms with Gasteiger partial charge in [-0.1, -0.05) is 167 Å². The molecule has 0 heterocycles. The molecule has 1 aromatic carbocycles. The summed E-state index contributed by atoms with van der Waals surface area (Å²) in [7, 11) is -4.18. The Labute approximate surface area is 237 Å². The highest BCUT2D eigenvalue weighted by atomic mass is 32.2. The Bertz CT molecular complexity index is 772. The molecule has 0 saturated carbocycles. The van der Waals surface area contributed by atoms with Crippen molar-refractivity contribution < 1.29 is 13.0 Å². The van der Waals surface area contributed by atoms with Gasteiger partial charge in [-0.25, -0.2) is 0 Å². The van der Waals surface area contributed by atoms with Crippen molar-refractivity contribution in [3.05, 3.63) is 29.3 Å². The highest BCUT2D eigenvalue weighted by Gasteiger charge is 2.17. The van der Waals surface area contributed by atoms with E-state index in [2.05, 4.69) is 19.9 Å². The van der Waals surface area contributed by atoms with E-state index in [1.54, 1.807) is 12.1 Å². The monoisotopic (exact) mass is 550 g/mol. The first-order chi connectivity index (χ1) is 18.5. The Morgan fingerprint density at radius 2 is 0.842 bits per heavy atom. The largest absolute Gasteiger partial charge is 0.294 e. The van der Waals surface area contributed by atoms with Crippen molar-refractivity contribution in [2.45, 2.75) is 186 Å². The molecule has 0 bridgehead atoms. The summed E-state index contributed by atoms with van der Waals surface area (Å²) in [5, 5.41) is 0. The Kier molecular flexibility index (Phi) is 22.2. The van der Waals surface area contributed by atoms with Crippen LogP contribution >= 0.6 is 0 Å². The predicted octanol–water partition coefficient (Wildman–Crippen LogP) is 11.4. The molecule has 0 fully saturated rings. The van der Waals surface area contributed by atoms with Crippen molar-refractivity contribution in [2.24, 2.45) is 0 Å². The number of rotatable bonds is 27. The molecule has 4 heteroatoms. The normalized spacial score (nSPS) is 11.9. The molecule has 0 atom stereocenters. The second-order valence-corrected chi connectivity index (χ2v) is 13.0. The summed E-state index contributed by atoms with van der Waals surface area (Å²) in [4.78, 5) is 0.136. The Balaban J connectivity index is 2.26. The second-order valence-electron chi connectivity index (χ2n) is 11.6. The molecule has 1 rings (SSSR count). The smallest absolute Gasteiger partial charge is 0.282 e. The topological polar surface area (TPSA) is 54.4 Å². The number of benzene rings is 1. The van der Waals surface area contributed by atoms with E-state index in [-0.39, 0.29) is 4.90 Å². The average molecular weight is 551 g/mol. The number of hydrogen-bond acceptors (Lipinski definition) is 2. The van der Waals surface area contributed by atoms with Gasteiger partial charge in [0.25, 0.3) is 10.1 Å². The van der Waals surface area contributed by atoms with Crippen LogP contribution in [0, 0.1) is 0 Å².